The van der Waals surface area contributed by atoms with Gasteiger partial charge in [-0.2, -0.15) is 0 Å². The number of aliphatic carboxylic acids is 1. The molecule has 2 aromatic rings. The van der Waals surface area contributed by atoms with Crippen LogP contribution >= 0.6 is 0 Å². The summed E-state index contributed by atoms with van der Waals surface area (Å²) in [4.78, 5) is 32.2. The Balaban J connectivity index is 0.00000112. The van der Waals surface area contributed by atoms with Gasteiger partial charge in [-0.05, 0) is 31.4 Å². The van der Waals surface area contributed by atoms with Crippen LogP contribution in [0.1, 0.15) is 57.1 Å². The number of hydrazine groups is 1. The number of nitrogens with two attached hydrogens (primary N) is 2. The number of nitrogens with zero attached hydrogens (tertiary/aromatic N) is 5. The van der Waals surface area contributed by atoms with Gasteiger partial charge in [-0.15, -0.1) is 0 Å². The number of rotatable bonds is 8. The van der Waals surface area contributed by atoms with Crippen molar-refractivity contribution >= 4 is 17.4 Å². The van der Waals surface area contributed by atoms with Gasteiger partial charge in [-0.1, -0.05) is 20.3 Å². The molecule has 0 saturated carbocycles. The standard InChI is InChI=1S/C23H33F2N7O.C2H4O2/c1-4-7-16-12-21(33)32(15-28-16)13-20(30(3)27)22(26)18-8-9-19(17(5-2)29-18)31-11-6-10-23(24,25)14-31;1-2(3)4/h8-9,12,15H,4-7,10-11,13-14,26-27H2,1-3H3;1H3,(H,3,4)/b22-20-;. The molecule has 0 bridgehead atoms. The lowest BCUT2D eigenvalue weighted by Crippen LogP contribution is -2.43. The molecule has 0 unspecified atom stereocenters. The van der Waals surface area contributed by atoms with Crippen molar-refractivity contribution in [1.29, 1.82) is 0 Å². The van der Waals surface area contributed by atoms with Gasteiger partial charge in [0.1, 0.15) is 0 Å². The van der Waals surface area contributed by atoms with E-state index >= 15 is 0 Å². The van der Waals surface area contributed by atoms with Crippen LogP contribution < -0.4 is 22.0 Å². The second kappa shape index (κ2) is 13.1. The Kier molecular flexibility index (Phi) is 10.5. The minimum Gasteiger partial charge on any atom is -0.481 e. The van der Waals surface area contributed by atoms with Gasteiger partial charge in [0.2, 0.25) is 0 Å². The lowest BCUT2D eigenvalue weighted by Gasteiger charge is -2.35. The highest BCUT2D eigenvalue weighted by Crippen LogP contribution is 2.32. The van der Waals surface area contributed by atoms with Gasteiger partial charge < -0.3 is 20.7 Å². The molecule has 2 aromatic heterocycles. The van der Waals surface area contributed by atoms with Crippen molar-refractivity contribution < 1.29 is 18.7 Å². The summed E-state index contributed by atoms with van der Waals surface area (Å²) in [5.74, 6) is 2.50. The summed E-state index contributed by atoms with van der Waals surface area (Å²) in [5.41, 5.74) is 9.67. The second-order valence-corrected chi connectivity index (χ2v) is 8.98. The summed E-state index contributed by atoms with van der Waals surface area (Å²) in [6.45, 7) is 5.41. The molecule has 1 aliphatic rings. The van der Waals surface area contributed by atoms with E-state index in [0.29, 0.717) is 47.9 Å². The summed E-state index contributed by atoms with van der Waals surface area (Å²) in [7, 11) is 1.64. The first-order valence-electron chi connectivity index (χ1n) is 12.2. The monoisotopic (exact) mass is 521 g/mol. The zero-order valence-electron chi connectivity index (χ0n) is 21.9. The fourth-order valence-electron chi connectivity index (χ4n) is 4.03. The Morgan fingerprint density at radius 2 is 1.97 bits per heavy atom. The van der Waals surface area contributed by atoms with E-state index in [0.717, 1.165) is 25.5 Å². The molecular weight excluding hydrogens is 484 g/mol. The summed E-state index contributed by atoms with van der Waals surface area (Å²) in [5, 5.41) is 8.77. The van der Waals surface area contributed by atoms with Crippen LogP contribution in [0.25, 0.3) is 5.70 Å². The zero-order valence-corrected chi connectivity index (χ0v) is 21.9. The number of halogens is 2. The number of hydrogen-bond acceptors (Lipinski definition) is 8. The van der Waals surface area contributed by atoms with Crippen molar-refractivity contribution in [3.63, 3.8) is 0 Å². The van der Waals surface area contributed by atoms with Gasteiger partial charge in [-0.3, -0.25) is 14.2 Å². The predicted molar refractivity (Wildman–Crippen MR) is 139 cm³/mol. The van der Waals surface area contributed by atoms with Gasteiger partial charge in [0.25, 0.3) is 17.5 Å². The number of likely N-dealkylation sites (N-methyl/N-ethyl adjacent to an activating group) is 1. The molecule has 0 radical (unpaired) electrons. The normalized spacial score (nSPS) is 15.4. The summed E-state index contributed by atoms with van der Waals surface area (Å²) in [6.07, 6.45) is 4.03. The highest BCUT2D eigenvalue weighted by molar-refractivity contribution is 5.65. The predicted octanol–water partition coefficient (Wildman–Crippen LogP) is 2.61. The van der Waals surface area contributed by atoms with E-state index in [2.05, 4.69) is 9.97 Å². The molecule has 204 valence electrons. The van der Waals surface area contributed by atoms with E-state index in [1.54, 1.807) is 24.1 Å². The molecule has 5 N–H and O–H groups in total. The second-order valence-electron chi connectivity index (χ2n) is 8.98. The lowest BCUT2D eigenvalue weighted by molar-refractivity contribution is -0.134. The first-order chi connectivity index (χ1) is 17.4. The molecule has 0 aliphatic carbocycles. The molecule has 1 saturated heterocycles. The third-order valence-corrected chi connectivity index (χ3v) is 5.79. The Hall–Kier alpha value is -3.54. The molecule has 3 rings (SSSR count). The van der Waals surface area contributed by atoms with Gasteiger partial charge in [-0.25, -0.2) is 24.6 Å². The fourth-order valence-corrected chi connectivity index (χ4v) is 4.03. The van der Waals surface area contributed by atoms with E-state index in [4.69, 9.17) is 21.5 Å². The molecule has 1 fully saturated rings. The largest absolute Gasteiger partial charge is 0.481 e. The Bertz CT molecular complexity index is 1160. The minimum atomic E-state index is -2.70. The number of carbonyl (C=O) groups is 1. The van der Waals surface area contributed by atoms with Crippen LogP contribution in [0.3, 0.4) is 0 Å². The maximum atomic E-state index is 13.9. The van der Waals surface area contributed by atoms with Crippen molar-refractivity contribution in [1.82, 2.24) is 19.5 Å². The number of piperidine rings is 1. The van der Waals surface area contributed by atoms with Crippen LogP contribution in [0.15, 0.2) is 35.0 Å². The average molecular weight is 522 g/mol. The number of aryl methyl sites for hydroxylation is 2. The summed E-state index contributed by atoms with van der Waals surface area (Å²) >= 11 is 0. The van der Waals surface area contributed by atoms with E-state index in [1.165, 1.54) is 22.0 Å². The van der Waals surface area contributed by atoms with Crippen LogP contribution in [0, 0.1) is 0 Å². The third kappa shape index (κ3) is 8.52. The van der Waals surface area contributed by atoms with Crippen LogP contribution in [0.2, 0.25) is 0 Å². The molecule has 37 heavy (non-hydrogen) atoms. The Morgan fingerprint density at radius 3 is 2.51 bits per heavy atom. The van der Waals surface area contributed by atoms with E-state index in [1.807, 2.05) is 13.8 Å². The first kappa shape index (κ1) is 29.7. The Morgan fingerprint density at radius 1 is 1.30 bits per heavy atom. The number of hydrogen-bond donors (Lipinski definition) is 3. The minimum absolute atomic E-state index is 0.0913. The van der Waals surface area contributed by atoms with Crippen LogP contribution in [0.5, 0.6) is 0 Å². The van der Waals surface area contributed by atoms with Crippen molar-refractivity contribution in [2.24, 2.45) is 11.6 Å². The zero-order chi connectivity index (χ0) is 27.8. The molecule has 1 aliphatic heterocycles. The lowest BCUT2D eigenvalue weighted by atomic mass is 10.1. The molecule has 3 heterocycles. The molecule has 0 aromatic carbocycles. The molecule has 12 heteroatoms. The van der Waals surface area contributed by atoms with Gasteiger partial charge in [0.15, 0.2) is 0 Å². The molecular formula is C25H37F2N7O3. The number of carboxylic acid groups (broad SMARTS) is 1. The van der Waals surface area contributed by atoms with Gasteiger partial charge >= 0.3 is 0 Å². The molecule has 0 atom stereocenters. The van der Waals surface area contributed by atoms with Crippen LogP contribution in [-0.2, 0) is 24.2 Å². The highest BCUT2D eigenvalue weighted by Gasteiger charge is 2.36. The first-order valence-corrected chi connectivity index (χ1v) is 12.2. The fraction of sp³-hybridized carbons (Fsp3) is 0.520. The molecule has 0 amide bonds. The molecule has 0 spiro atoms. The quantitative estimate of drug-likeness (QED) is 0.353. The SMILES string of the molecule is CC(=O)O.CCCc1cc(=O)n(C/C(=C(/N)c2ccc(N3CCCC(F)(F)C3)c(CC)n2)N(C)N)cn1. The van der Waals surface area contributed by atoms with Crippen molar-refractivity contribution in [3.05, 3.63) is 57.7 Å². The number of anilines is 1. The van der Waals surface area contributed by atoms with E-state index < -0.39 is 11.9 Å². The number of allylic oxidation sites excluding steroid dienone is 1. The highest BCUT2D eigenvalue weighted by atomic mass is 19.3. The maximum absolute atomic E-state index is 13.9. The number of carboxylic acids is 1. The smallest absolute Gasteiger partial charge is 0.300 e. The summed E-state index contributed by atoms with van der Waals surface area (Å²) < 4.78 is 29.3. The maximum Gasteiger partial charge on any atom is 0.300 e. The van der Waals surface area contributed by atoms with Gasteiger partial charge in [0.05, 0.1) is 47.9 Å². The number of alkyl halides is 2. The average Bonchev–Trinajstić information content (AvgIpc) is 2.81. The van der Waals surface area contributed by atoms with Gasteiger partial charge in [0, 0.05) is 38.7 Å². The topological polar surface area (TPSA) is 144 Å². The number of pyridine rings is 1. The third-order valence-electron chi connectivity index (χ3n) is 5.79. The van der Waals surface area contributed by atoms with Crippen molar-refractivity contribution in [3.8, 4) is 0 Å². The Labute approximate surface area is 215 Å². The van der Waals surface area contributed by atoms with Crippen LogP contribution in [0.4, 0.5) is 14.5 Å². The van der Waals surface area contributed by atoms with Crippen molar-refractivity contribution in [2.75, 3.05) is 25.0 Å². The summed E-state index contributed by atoms with van der Waals surface area (Å²) in [6, 6.07) is 5.02. The number of aromatic nitrogens is 3. The molecule has 10 nitrogen and oxygen atoms in total. The van der Waals surface area contributed by atoms with Crippen LogP contribution in [-0.4, -0.2) is 56.7 Å². The van der Waals surface area contributed by atoms with E-state index in [-0.39, 0.29) is 25.1 Å². The van der Waals surface area contributed by atoms with E-state index in [9.17, 15) is 13.6 Å². The van der Waals surface area contributed by atoms with Crippen molar-refractivity contribution in [2.45, 2.75) is 65.3 Å².